The zero-order chi connectivity index (χ0) is 19.1. The Bertz CT molecular complexity index is 901. The van der Waals surface area contributed by atoms with E-state index < -0.39 is 0 Å². The molecule has 0 spiro atoms. The van der Waals surface area contributed by atoms with Crippen LogP contribution in [0.2, 0.25) is 5.02 Å². The molecular formula is C20H18ClFN4O. The van der Waals surface area contributed by atoms with Gasteiger partial charge in [0, 0.05) is 30.5 Å². The van der Waals surface area contributed by atoms with Crippen LogP contribution in [0.5, 0.6) is 0 Å². The molecule has 1 heterocycles. The lowest BCUT2D eigenvalue weighted by Gasteiger charge is -2.07. The molecule has 3 rings (SSSR count). The molecule has 1 amide bonds. The van der Waals surface area contributed by atoms with Crippen LogP contribution in [0.15, 0.2) is 60.9 Å². The quantitative estimate of drug-likeness (QED) is 0.649. The molecule has 0 saturated heterocycles. The van der Waals surface area contributed by atoms with Crippen molar-refractivity contribution in [3.05, 3.63) is 88.5 Å². The minimum atomic E-state index is -0.261. The summed E-state index contributed by atoms with van der Waals surface area (Å²) in [6.45, 7) is 0.877. The third-order valence-corrected chi connectivity index (χ3v) is 4.17. The van der Waals surface area contributed by atoms with Gasteiger partial charge in [-0.2, -0.15) is 0 Å². The molecule has 0 unspecified atom stereocenters. The van der Waals surface area contributed by atoms with Gasteiger partial charge in [-0.15, -0.1) is 0 Å². The molecule has 27 heavy (non-hydrogen) atoms. The highest BCUT2D eigenvalue weighted by molar-refractivity contribution is 6.30. The number of anilines is 1. The summed E-state index contributed by atoms with van der Waals surface area (Å²) >= 11 is 5.84. The molecular weight excluding hydrogens is 367 g/mol. The van der Waals surface area contributed by atoms with Gasteiger partial charge in [0.25, 0.3) is 5.91 Å². The molecule has 0 bridgehead atoms. The Morgan fingerprint density at radius 3 is 2.44 bits per heavy atom. The maximum Gasteiger partial charge on any atom is 0.254 e. The van der Waals surface area contributed by atoms with Crippen molar-refractivity contribution < 1.29 is 9.18 Å². The highest BCUT2D eigenvalue weighted by atomic mass is 35.5. The molecule has 138 valence electrons. The summed E-state index contributed by atoms with van der Waals surface area (Å²) < 4.78 is 13.6. The first-order valence-electron chi connectivity index (χ1n) is 8.44. The van der Waals surface area contributed by atoms with Gasteiger partial charge in [0.2, 0.25) is 5.95 Å². The maximum absolute atomic E-state index is 13.6. The molecule has 0 aliphatic rings. The van der Waals surface area contributed by atoms with Gasteiger partial charge < -0.3 is 10.6 Å². The lowest BCUT2D eigenvalue weighted by molar-refractivity contribution is 0.0950. The number of halogens is 2. The van der Waals surface area contributed by atoms with Gasteiger partial charge in [0.05, 0.1) is 5.56 Å². The van der Waals surface area contributed by atoms with Gasteiger partial charge in [0.1, 0.15) is 5.82 Å². The third-order valence-electron chi connectivity index (χ3n) is 3.92. The number of hydrogen-bond acceptors (Lipinski definition) is 4. The van der Waals surface area contributed by atoms with Gasteiger partial charge >= 0.3 is 0 Å². The molecule has 2 N–H and O–H groups in total. The summed E-state index contributed by atoms with van der Waals surface area (Å²) in [4.78, 5) is 20.4. The lowest BCUT2D eigenvalue weighted by atomic mass is 10.1. The largest absolute Gasteiger partial charge is 0.354 e. The van der Waals surface area contributed by atoms with E-state index in [0.717, 1.165) is 5.56 Å². The number of carbonyl (C=O) groups excluding carboxylic acids is 1. The van der Waals surface area contributed by atoms with Crippen LogP contribution in [0.25, 0.3) is 0 Å². The van der Waals surface area contributed by atoms with Crippen LogP contribution in [-0.2, 0) is 13.0 Å². The molecule has 2 aromatic carbocycles. The molecule has 0 saturated carbocycles. The average molecular weight is 385 g/mol. The summed E-state index contributed by atoms with van der Waals surface area (Å²) in [5, 5.41) is 6.47. The van der Waals surface area contributed by atoms with E-state index in [2.05, 4.69) is 20.6 Å². The predicted molar refractivity (Wildman–Crippen MR) is 103 cm³/mol. The van der Waals surface area contributed by atoms with Gasteiger partial charge in [-0.3, -0.25) is 4.79 Å². The Balaban J connectivity index is 1.48. The van der Waals surface area contributed by atoms with E-state index in [4.69, 9.17) is 11.6 Å². The molecule has 5 nitrogen and oxygen atoms in total. The summed E-state index contributed by atoms with van der Waals surface area (Å²) in [5.74, 6) is -0.101. The summed E-state index contributed by atoms with van der Waals surface area (Å²) in [6, 6.07) is 13.9. The number of carbonyl (C=O) groups is 1. The first-order chi connectivity index (χ1) is 13.1. The summed E-state index contributed by atoms with van der Waals surface area (Å²) in [6.07, 6.45) is 3.42. The highest BCUT2D eigenvalue weighted by Gasteiger charge is 2.07. The van der Waals surface area contributed by atoms with E-state index in [1.54, 1.807) is 30.3 Å². The summed E-state index contributed by atoms with van der Waals surface area (Å²) in [5.41, 5.74) is 1.94. The Labute approximate surface area is 161 Å². The van der Waals surface area contributed by atoms with Crippen LogP contribution >= 0.6 is 11.6 Å². The minimum Gasteiger partial charge on any atom is -0.354 e. The van der Waals surface area contributed by atoms with Gasteiger partial charge in [0.15, 0.2) is 0 Å². The highest BCUT2D eigenvalue weighted by Crippen LogP contribution is 2.10. The van der Waals surface area contributed by atoms with Crippen LogP contribution in [0.1, 0.15) is 21.5 Å². The maximum atomic E-state index is 13.6. The normalized spacial score (nSPS) is 10.4. The number of nitrogens with one attached hydrogen (secondary N) is 2. The molecule has 0 fully saturated rings. The van der Waals surface area contributed by atoms with E-state index in [9.17, 15) is 9.18 Å². The predicted octanol–water partition coefficient (Wildman–Crippen LogP) is 3.85. The fraction of sp³-hybridized carbons (Fsp3) is 0.150. The van der Waals surface area contributed by atoms with Crippen molar-refractivity contribution in [3.63, 3.8) is 0 Å². The van der Waals surface area contributed by atoms with Gasteiger partial charge in [-0.1, -0.05) is 41.9 Å². The van der Waals surface area contributed by atoms with Crippen LogP contribution in [0, 0.1) is 5.82 Å². The number of aromatic nitrogens is 2. The number of rotatable bonds is 7. The molecule has 7 heteroatoms. The van der Waals surface area contributed by atoms with Crippen molar-refractivity contribution in [2.45, 2.75) is 13.0 Å². The van der Waals surface area contributed by atoms with E-state index >= 15 is 0 Å². The Morgan fingerprint density at radius 2 is 1.74 bits per heavy atom. The van der Waals surface area contributed by atoms with Crippen molar-refractivity contribution in [1.29, 1.82) is 0 Å². The van der Waals surface area contributed by atoms with E-state index in [1.165, 1.54) is 18.5 Å². The second-order valence-electron chi connectivity index (χ2n) is 5.87. The zero-order valence-electron chi connectivity index (χ0n) is 14.5. The molecule has 3 aromatic rings. The molecule has 0 atom stereocenters. The first-order valence-corrected chi connectivity index (χ1v) is 8.81. The standard InChI is InChI=1S/C20H18ClFN4O/c21-17-7-5-14(6-8-17)11-24-19(27)16-12-25-20(26-13-16)23-10-9-15-3-1-2-4-18(15)22/h1-8,12-13H,9-11H2,(H,24,27)(H,23,25,26). The molecule has 0 aliphatic carbocycles. The zero-order valence-corrected chi connectivity index (χ0v) is 15.2. The van der Waals surface area contributed by atoms with Crippen LogP contribution in [0.3, 0.4) is 0 Å². The van der Waals surface area contributed by atoms with Gasteiger partial charge in [-0.05, 0) is 35.7 Å². The molecule has 1 aromatic heterocycles. The smallest absolute Gasteiger partial charge is 0.254 e. The fourth-order valence-corrected chi connectivity index (χ4v) is 2.56. The number of benzene rings is 2. The van der Waals surface area contributed by atoms with Crippen LogP contribution < -0.4 is 10.6 Å². The number of amides is 1. The summed E-state index contributed by atoms with van der Waals surface area (Å²) in [7, 11) is 0. The van der Waals surface area contributed by atoms with E-state index in [1.807, 2.05) is 12.1 Å². The monoisotopic (exact) mass is 384 g/mol. The van der Waals surface area contributed by atoms with Crippen molar-refractivity contribution in [3.8, 4) is 0 Å². The molecule has 0 radical (unpaired) electrons. The van der Waals surface area contributed by atoms with Crippen molar-refractivity contribution >= 4 is 23.5 Å². The SMILES string of the molecule is O=C(NCc1ccc(Cl)cc1)c1cnc(NCCc2ccccc2F)nc1. The topological polar surface area (TPSA) is 66.9 Å². The number of nitrogens with zero attached hydrogens (tertiary/aromatic N) is 2. The van der Waals surface area contributed by atoms with Crippen LogP contribution in [0.4, 0.5) is 10.3 Å². The fourth-order valence-electron chi connectivity index (χ4n) is 2.43. The Morgan fingerprint density at radius 1 is 1.04 bits per heavy atom. The Kier molecular flexibility index (Phi) is 6.33. The Hall–Kier alpha value is -2.99. The first kappa shape index (κ1) is 18.8. The lowest BCUT2D eigenvalue weighted by Crippen LogP contribution is -2.23. The van der Waals surface area contributed by atoms with Crippen molar-refractivity contribution in [2.75, 3.05) is 11.9 Å². The van der Waals surface area contributed by atoms with E-state index in [-0.39, 0.29) is 11.7 Å². The van der Waals surface area contributed by atoms with Crippen LogP contribution in [-0.4, -0.2) is 22.4 Å². The van der Waals surface area contributed by atoms with Gasteiger partial charge in [-0.25, -0.2) is 14.4 Å². The van der Waals surface area contributed by atoms with Crippen molar-refractivity contribution in [2.24, 2.45) is 0 Å². The van der Waals surface area contributed by atoms with Crippen molar-refractivity contribution in [1.82, 2.24) is 15.3 Å². The minimum absolute atomic E-state index is 0.229. The number of hydrogen-bond donors (Lipinski definition) is 2. The molecule has 0 aliphatic heterocycles. The second kappa shape index (κ2) is 9.09. The average Bonchev–Trinajstić information content (AvgIpc) is 2.69. The third kappa shape index (κ3) is 5.49. The van der Waals surface area contributed by atoms with E-state index in [0.29, 0.717) is 41.6 Å². The second-order valence-corrected chi connectivity index (χ2v) is 6.31.